The number of nitrogens with zero attached hydrogens (tertiary/aromatic N) is 1. The number of hydrogen-bond acceptors (Lipinski definition) is 3. The number of thiocarbonyl (C=S) groups is 1. The molecular formula is C17H13BrF2N4S2. The van der Waals surface area contributed by atoms with Crippen molar-refractivity contribution in [2.75, 3.05) is 5.32 Å². The SMILES string of the molecule is FC(F)Sc1ccc(NC(=S)NN=Cc2c[nH]c3ccc(Br)cc23)cc1. The van der Waals surface area contributed by atoms with Gasteiger partial charge in [0.15, 0.2) is 5.11 Å². The number of alkyl halides is 2. The second-order valence-electron chi connectivity index (χ2n) is 5.16. The molecule has 4 nitrogen and oxygen atoms in total. The minimum Gasteiger partial charge on any atom is -0.361 e. The summed E-state index contributed by atoms with van der Waals surface area (Å²) < 4.78 is 25.6. The molecule has 1 aromatic heterocycles. The summed E-state index contributed by atoms with van der Waals surface area (Å²) in [7, 11) is 0. The third-order valence-corrected chi connectivity index (χ3v) is 4.79. The molecule has 0 radical (unpaired) electrons. The van der Waals surface area contributed by atoms with E-state index in [9.17, 15) is 8.78 Å². The fraction of sp³-hybridized carbons (Fsp3) is 0.0588. The molecule has 0 fully saturated rings. The number of hydrazone groups is 1. The van der Waals surface area contributed by atoms with Gasteiger partial charge < -0.3 is 10.3 Å². The Bertz CT molecular complexity index is 942. The molecule has 0 saturated heterocycles. The zero-order valence-electron chi connectivity index (χ0n) is 13.2. The van der Waals surface area contributed by atoms with Gasteiger partial charge in [-0.1, -0.05) is 27.7 Å². The van der Waals surface area contributed by atoms with Crippen LogP contribution in [0.25, 0.3) is 10.9 Å². The van der Waals surface area contributed by atoms with E-state index >= 15 is 0 Å². The van der Waals surface area contributed by atoms with Gasteiger partial charge in [0.25, 0.3) is 5.76 Å². The van der Waals surface area contributed by atoms with Crippen LogP contribution in [0.1, 0.15) is 5.56 Å². The molecule has 2 aromatic carbocycles. The highest BCUT2D eigenvalue weighted by atomic mass is 79.9. The van der Waals surface area contributed by atoms with Gasteiger partial charge in [0.2, 0.25) is 0 Å². The van der Waals surface area contributed by atoms with Crippen molar-refractivity contribution in [2.45, 2.75) is 10.7 Å². The Morgan fingerprint density at radius 1 is 1.23 bits per heavy atom. The molecular weight excluding hydrogens is 442 g/mol. The molecule has 134 valence electrons. The van der Waals surface area contributed by atoms with Crippen LogP contribution in [0.15, 0.2) is 63.1 Å². The van der Waals surface area contributed by atoms with Crippen LogP contribution in [0.5, 0.6) is 0 Å². The van der Waals surface area contributed by atoms with Crippen LogP contribution in [0, 0.1) is 0 Å². The lowest BCUT2D eigenvalue weighted by molar-refractivity contribution is 0.252. The van der Waals surface area contributed by atoms with Crippen molar-refractivity contribution in [3.8, 4) is 0 Å². The van der Waals surface area contributed by atoms with Crippen LogP contribution in [0.4, 0.5) is 14.5 Å². The molecule has 9 heteroatoms. The number of aromatic nitrogens is 1. The van der Waals surface area contributed by atoms with E-state index in [0.29, 0.717) is 27.5 Å². The fourth-order valence-corrected chi connectivity index (χ4v) is 3.29. The van der Waals surface area contributed by atoms with Crippen LogP contribution in [-0.2, 0) is 0 Å². The molecule has 0 aliphatic heterocycles. The van der Waals surface area contributed by atoms with Gasteiger partial charge in [-0.15, -0.1) is 0 Å². The number of hydrogen-bond donors (Lipinski definition) is 3. The van der Waals surface area contributed by atoms with Gasteiger partial charge in [-0.05, 0) is 54.7 Å². The normalized spacial score (nSPS) is 11.4. The Hall–Kier alpha value is -1.97. The van der Waals surface area contributed by atoms with Crippen LogP contribution < -0.4 is 10.7 Å². The Labute approximate surface area is 166 Å². The lowest BCUT2D eigenvalue weighted by Crippen LogP contribution is -2.23. The number of fused-ring (bicyclic) bond motifs is 1. The number of benzene rings is 2. The molecule has 0 aliphatic rings. The lowest BCUT2D eigenvalue weighted by Gasteiger charge is -2.07. The van der Waals surface area contributed by atoms with E-state index in [4.69, 9.17) is 12.2 Å². The van der Waals surface area contributed by atoms with Gasteiger partial charge in [0.1, 0.15) is 0 Å². The first kappa shape index (κ1) is 18.8. The largest absolute Gasteiger partial charge is 0.361 e. The third kappa shape index (κ3) is 5.03. The second-order valence-corrected chi connectivity index (χ2v) is 7.55. The first-order valence-electron chi connectivity index (χ1n) is 7.43. The van der Waals surface area contributed by atoms with E-state index in [1.54, 1.807) is 30.5 Å². The first-order chi connectivity index (χ1) is 12.5. The minimum absolute atomic E-state index is 0.302. The first-order valence-corrected chi connectivity index (χ1v) is 9.51. The zero-order chi connectivity index (χ0) is 18.5. The summed E-state index contributed by atoms with van der Waals surface area (Å²) in [6.07, 6.45) is 3.53. The molecule has 0 amide bonds. The smallest absolute Gasteiger partial charge is 0.288 e. The highest BCUT2D eigenvalue weighted by molar-refractivity contribution is 9.10. The van der Waals surface area contributed by atoms with Crippen molar-refractivity contribution in [2.24, 2.45) is 5.10 Å². The van der Waals surface area contributed by atoms with Crippen molar-refractivity contribution in [3.63, 3.8) is 0 Å². The lowest BCUT2D eigenvalue weighted by atomic mass is 10.2. The topological polar surface area (TPSA) is 52.2 Å². The monoisotopic (exact) mass is 454 g/mol. The molecule has 3 aromatic rings. The van der Waals surface area contributed by atoms with Gasteiger partial charge >= 0.3 is 0 Å². The molecule has 0 saturated carbocycles. The van der Waals surface area contributed by atoms with Gasteiger partial charge in [0, 0.05) is 37.7 Å². The number of thioether (sulfide) groups is 1. The predicted molar refractivity (Wildman–Crippen MR) is 111 cm³/mol. The van der Waals surface area contributed by atoms with E-state index < -0.39 is 5.76 Å². The number of halogens is 3. The number of H-pyrrole nitrogens is 1. The Balaban J connectivity index is 1.58. The molecule has 0 spiro atoms. The molecule has 1 heterocycles. The maximum absolute atomic E-state index is 12.3. The van der Waals surface area contributed by atoms with Crippen LogP contribution in [-0.4, -0.2) is 22.1 Å². The summed E-state index contributed by atoms with van der Waals surface area (Å²) in [6, 6.07) is 12.5. The predicted octanol–water partition coefficient (Wildman–Crippen LogP) is 5.57. The second kappa shape index (κ2) is 8.61. The van der Waals surface area contributed by atoms with Gasteiger partial charge in [-0.2, -0.15) is 13.9 Å². The number of anilines is 1. The third-order valence-electron chi connectivity index (χ3n) is 3.38. The summed E-state index contributed by atoms with van der Waals surface area (Å²) >= 11 is 9.12. The average molecular weight is 455 g/mol. The maximum atomic E-state index is 12.3. The molecule has 3 N–H and O–H groups in total. The summed E-state index contributed by atoms with van der Waals surface area (Å²) in [5.74, 6) is -2.43. The maximum Gasteiger partial charge on any atom is 0.288 e. The van der Waals surface area contributed by atoms with E-state index in [0.717, 1.165) is 20.9 Å². The Kier molecular flexibility index (Phi) is 6.23. The van der Waals surface area contributed by atoms with E-state index in [1.165, 1.54) is 0 Å². The summed E-state index contributed by atoms with van der Waals surface area (Å²) in [5, 5.41) is 8.41. The van der Waals surface area contributed by atoms with Crippen molar-refractivity contribution < 1.29 is 8.78 Å². The van der Waals surface area contributed by atoms with Gasteiger partial charge in [-0.25, -0.2) is 0 Å². The van der Waals surface area contributed by atoms with Gasteiger partial charge in [0.05, 0.1) is 6.21 Å². The van der Waals surface area contributed by atoms with Crippen molar-refractivity contribution in [1.82, 2.24) is 10.4 Å². The van der Waals surface area contributed by atoms with Crippen molar-refractivity contribution in [3.05, 3.63) is 58.7 Å². The Morgan fingerprint density at radius 2 is 2.00 bits per heavy atom. The van der Waals surface area contributed by atoms with E-state index in [1.807, 2.05) is 24.4 Å². The quantitative estimate of drug-likeness (QED) is 0.204. The van der Waals surface area contributed by atoms with Crippen LogP contribution in [0.3, 0.4) is 0 Å². The van der Waals surface area contributed by atoms with E-state index in [2.05, 4.69) is 36.8 Å². The average Bonchev–Trinajstić information content (AvgIpc) is 2.98. The summed E-state index contributed by atoms with van der Waals surface area (Å²) in [4.78, 5) is 3.66. The van der Waals surface area contributed by atoms with E-state index in [-0.39, 0.29) is 0 Å². The number of rotatable bonds is 5. The standard InChI is InChI=1S/C17H13BrF2N4S2/c18-11-1-6-15-14(7-11)10(8-21-15)9-22-24-17(25)23-12-2-4-13(5-3-12)26-16(19)20/h1-9,16,21H,(H2,23,24,25). The minimum atomic E-state index is -2.43. The molecule has 0 bridgehead atoms. The number of nitrogens with one attached hydrogen (secondary N) is 3. The highest BCUT2D eigenvalue weighted by Crippen LogP contribution is 2.26. The summed E-state index contributed by atoms with van der Waals surface area (Å²) in [6.45, 7) is 0. The fourth-order valence-electron chi connectivity index (χ4n) is 2.26. The van der Waals surface area contributed by atoms with Crippen LogP contribution in [0.2, 0.25) is 0 Å². The summed E-state index contributed by atoms with van der Waals surface area (Å²) in [5.41, 5.74) is 5.35. The molecule has 0 aliphatic carbocycles. The molecule has 0 atom stereocenters. The molecule has 3 rings (SSSR count). The van der Waals surface area contributed by atoms with Crippen LogP contribution >= 0.6 is 39.9 Å². The van der Waals surface area contributed by atoms with Crippen molar-refractivity contribution in [1.29, 1.82) is 0 Å². The zero-order valence-corrected chi connectivity index (χ0v) is 16.4. The number of aromatic amines is 1. The van der Waals surface area contributed by atoms with Crippen molar-refractivity contribution >= 4 is 67.8 Å². The highest BCUT2D eigenvalue weighted by Gasteiger charge is 2.05. The Morgan fingerprint density at radius 3 is 2.73 bits per heavy atom. The molecule has 0 unspecified atom stereocenters. The van der Waals surface area contributed by atoms with Gasteiger partial charge in [-0.3, -0.25) is 5.43 Å². The molecule has 26 heavy (non-hydrogen) atoms.